The van der Waals surface area contributed by atoms with E-state index in [9.17, 15) is 0 Å². The molecule has 2 aliphatic heterocycles. The summed E-state index contributed by atoms with van der Waals surface area (Å²) in [6.45, 7) is 8.89. The zero-order chi connectivity index (χ0) is 9.10. The zero-order valence-corrected chi connectivity index (χ0v) is 8.76. The van der Waals surface area contributed by atoms with Crippen LogP contribution in [0.1, 0.15) is 26.2 Å². The maximum atomic E-state index is 3.44. The summed E-state index contributed by atoms with van der Waals surface area (Å²) in [5, 5.41) is 3.44. The number of nitrogens with zero attached hydrogens (tertiary/aromatic N) is 1. The second-order valence-electron chi connectivity index (χ2n) is 4.61. The van der Waals surface area contributed by atoms with Crippen molar-refractivity contribution in [1.29, 1.82) is 0 Å². The lowest BCUT2D eigenvalue weighted by Gasteiger charge is -2.44. The van der Waals surface area contributed by atoms with Crippen LogP contribution in [0.15, 0.2) is 0 Å². The average molecular weight is 182 g/mol. The van der Waals surface area contributed by atoms with Crippen LogP contribution in [0.2, 0.25) is 0 Å². The highest BCUT2D eigenvalue weighted by atomic mass is 15.2. The van der Waals surface area contributed by atoms with E-state index in [2.05, 4.69) is 17.1 Å². The lowest BCUT2D eigenvalue weighted by molar-refractivity contribution is 0.0457. The topological polar surface area (TPSA) is 15.3 Å². The third-order valence-corrected chi connectivity index (χ3v) is 3.58. The fourth-order valence-electron chi connectivity index (χ4n) is 2.72. The molecule has 13 heavy (non-hydrogen) atoms. The van der Waals surface area contributed by atoms with Crippen molar-refractivity contribution < 1.29 is 0 Å². The molecule has 0 atom stereocenters. The van der Waals surface area contributed by atoms with Gasteiger partial charge in [-0.3, -0.25) is 0 Å². The summed E-state index contributed by atoms with van der Waals surface area (Å²) < 4.78 is 0. The van der Waals surface area contributed by atoms with Gasteiger partial charge in [0.05, 0.1) is 0 Å². The molecule has 0 aromatic rings. The van der Waals surface area contributed by atoms with Crippen LogP contribution in [0.3, 0.4) is 0 Å². The van der Waals surface area contributed by atoms with Crippen LogP contribution in [0.25, 0.3) is 0 Å². The first-order chi connectivity index (χ1) is 6.40. The Morgan fingerprint density at radius 2 is 1.85 bits per heavy atom. The van der Waals surface area contributed by atoms with Gasteiger partial charge in [0.1, 0.15) is 0 Å². The molecular weight excluding hydrogens is 160 g/mol. The number of rotatable bonds is 3. The van der Waals surface area contributed by atoms with Crippen LogP contribution in [0, 0.1) is 11.8 Å². The van der Waals surface area contributed by atoms with E-state index in [1.807, 2.05) is 0 Å². The standard InChI is InChI=1S/C11H22N2/c1-2-7-13-8-11(9-13)10-3-5-12-6-4-10/h10-12H,2-9H2,1H3. The maximum Gasteiger partial charge on any atom is 0.00247 e. The van der Waals surface area contributed by atoms with Crippen molar-refractivity contribution in [2.75, 3.05) is 32.7 Å². The van der Waals surface area contributed by atoms with Crippen LogP contribution in [0.4, 0.5) is 0 Å². The maximum absolute atomic E-state index is 3.44. The molecule has 2 heterocycles. The minimum Gasteiger partial charge on any atom is -0.317 e. The number of piperidine rings is 1. The Morgan fingerprint density at radius 1 is 1.15 bits per heavy atom. The number of nitrogens with one attached hydrogen (secondary N) is 1. The van der Waals surface area contributed by atoms with Gasteiger partial charge in [0.2, 0.25) is 0 Å². The highest BCUT2D eigenvalue weighted by Gasteiger charge is 2.32. The molecule has 0 unspecified atom stereocenters. The second-order valence-corrected chi connectivity index (χ2v) is 4.61. The summed E-state index contributed by atoms with van der Waals surface area (Å²) in [7, 11) is 0. The summed E-state index contributed by atoms with van der Waals surface area (Å²) in [5.74, 6) is 2.07. The fraction of sp³-hybridized carbons (Fsp3) is 1.00. The van der Waals surface area contributed by atoms with Gasteiger partial charge in [0.25, 0.3) is 0 Å². The Labute approximate surface area is 81.7 Å². The molecule has 2 nitrogen and oxygen atoms in total. The molecule has 0 saturated carbocycles. The molecule has 0 aromatic heterocycles. The van der Waals surface area contributed by atoms with Crippen molar-refractivity contribution >= 4 is 0 Å². The minimum atomic E-state index is 1.04. The molecule has 0 amide bonds. The largest absolute Gasteiger partial charge is 0.317 e. The van der Waals surface area contributed by atoms with Gasteiger partial charge in [-0.25, -0.2) is 0 Å². The highest BCUT2D eigenvalue weighted by Crippen LogP contribution is 2.29. The van der Waals surface area contributed by atoms with E-state index in [4.69, 9.17) is 0 Å². The van der Waals surface area contributed by atoms with Gasteiger partial charge in [-0.2, -0.15) is 0 Å². The van der Waals surface area contributed by atoms with E-state index in [1.54, 1.807) is 0 Å². The van der Waals surface area contributed by atoms with Crippen molar-refractivity contribution in [3.05, 3.63) is 0 Å². The summed E-state index contributed by atoms with van der Waals surface area (Å²) in [5.41, 5.74) is 0. The normalized spacial score (nSPS) is 27.5. The van der Waals surface area contributed by atoms with E-state index in [-0.39, 0.29) is 0 Å². The number of hydrogen-bond acceptors (Lipinski definition) is 2. The van der Waals surface area contributed by atoms with Crippen LogP contribution >= 0.6 is 0 Å². The van der Waals surface area contributed by atoms with Gasteiger partial charge in [-0.15, -0.1) is 0 Å². The average Bonchev–Trinajstić information content (AvgIpc) is 2.12. The first kappa shape index (κ1) is 9.47. The molecule has 2 rings (SSSR count). The highest BCUT2D eigenvalue weighted by molar-refractivity contribution is 4.86. The van der Waals surface area contributed by atoms with Gasteiger partial charge in [0.15, 0.2) is 0 Å². The van der Waals surface area contributed by atoms with E-state index in [0.29, 0.717) is 0 Å². The molecule has 0 bridgehead atoms. The van der Waals surface area contributed by atoms with Crippen LogP contribution in [-0.4, -0.2) is 37.6 Å². The van der Waals surface area contributed by atoms with E-state index < -0.39 is 0 Å². The first-order valence-corrected chi connectivity index (χ1v) is 5.83. The summed E-state index contributed by atoms with van der Waals surface area (Å²) in [6.07, 6.45) is 4.16. The van der Waals surface area contributed by atoms with Crippen molar-refractivity contribution in [3.8, 4) is 0 Å². The lowest BCUT2D eigenvalue weighted by Crippen LogP contribution is -2.51. The quantitative estimate of drug-likeness (QED) is 0.708. The summed E-state index contributed by atoms with van der Waals surface area (Å²) in [6, 6.07) is 0. The molecular formula is C11H22N2. The van der Waals surface area contributed by atoms with Gasteiger partial charge in [-0.05, 0) is 50.7 Å². The zero-order valence-electron chi connectivity index (χ0n) is 8.76. The predicted octanol–water partition coefficient (Wildman–Crippen LogP) is 1.33. The molecule has 2 saturated heterocycles. The molecule has 0 spiro atoms. The Balaban J connectivity index is 1.66. The molecule has 1 N–H and O–H groups in total. The SMILES string of the molecule is CCCN1CC(C2CCNCC2)C1. The van der Waals surface area contributed by atoms with Crippen LogP contribution in [0.5, 0.6) is 0 Å². The van der Waals surface area contributed by atoms with Crippen molar-refractivity contribution in [2.24, 2.45) is 11.8 Å². The van der Waals surface area contributed by atoms with Gasteiger partial charge in [0, 0.05) is 13.1 Å². The summed E-state index contributed by atoms with van der Waals surface area (Å²) >= 11 is 0. The predicted molar refractivity (Wildman–Crippen MR) is 55.8 cm³/mol. The number of hydrogen-bond donors (Lipinski definition) is 1. The minimum absolute atomic E-state index is 1.04. The monoisotopic (exact) mass is 182 g/mol. The van der Waals surface area contributed by atoms with Crippen LogP contribution < -0.4 is 5.32 Å². The molecule has 0 aromatic carbocycles. The summed E-state index contributed by atoms with van der Waals surface area (Å²) in [4.78, 5) is 2.60. The molecule has 2 heteroatoms. The number of likely N-dealkylation sites (tertiary alicyclic amines) is 1. The van der Waals surface area contributed by atoms with Crippen LogP contribution in [-0.2, 0) is 0 Å². The van der Waals surface area contributed by atoms with Crippen molar-refractivity contribution in [2.45, 2.75) is 26.2 Å². The van der Waals surface area contributed by atoms with E-state index >= 15 is 0 Å². The Hall–Kier alpha value is -0.0800. The fourth-order valence-corrected chi connectivity index (χ4v) is 2.72. The molecule has 2 aliphatic rings. The van der Waals surface area contributed by atoms with Gasteiger partial charge in [-0.1, -0.05) is 6.92 Å². The Bertz CT molecular complexity index is 146. The first-order valence-electron chi connectivity index (χ1n) is 5.83. The van der Waals surface area contributed by atoms with Crippen molar-refractivity contribution in [3.63, 3.8) is 0 Å². The van der Waals surface area contributed by atoms with Crippen molar-refractivity contribution in [1.82, 2.24) is 10.2 Å². The van der Waals surface area contributed by atoms with Gasteiger partial charge < -0.3 is 10.2 Å². The molecule has 0 aliphatic carbocycles. The third kappa shape index (κ3) is 2.23. The molecule has 76 valence electrons. The molecule has 2 fully saturated rings. The Morgan fingerprint density at radius 3 is 2.46 bits per heavy atom. The second kappa shape index (κ2) is 4.43. The molecule has 0 radical (unpaired) electrons. The van der Waals surface area contributed by atoms with Gasteiger partial charge >= 0.3 is 0 Å². The Kier molecular flexibility index (Phi) is 3.23. The van der Waals surface area contributed by atoms with E-state index in [0.717, 1.165) is 11.8 Å². The van der Waals surface area contributed by atoms with E-state index in [1.165, 1.54) is 52.0 Å². The lowest BCUT2D eigenvalue weighted by atomic mass is 9.80. The third-order valence-electron chi connectivity index (χ3n) is 3.58. The smallest absolute Gasteiger partial charge is 0.00247 e.